The fourth-order valence-corrected chi connectivity index (χ4v) is 6.73. The number of amides is 1. The molecule has 1 amide bonds. The van der Waals surface area contributed by atoms with E-state index in [1.807, 2.05) is 0 Å². The van der Waals surface area contributed by atoms with Gasteiger partial charge in [0.05, 0.1) is 0 Å². The predicted molar refractivity (Wildman–Crippen MR) is 139 cm³/mol. The summed E-state index contributed by atoms with van der Waals surface area (Å²) in [4.78, 5) is 27.8. The van der Waals surface area contributed by atoms with Crippen LogP contribution in [0.25, 0.3) is 0 Å². The number of carbonyl (C=O) groups is 2. The molecule has 1 N–H and O–H groups in total. The number of benzene rings is 1. The van der Waals surface area contributed by atoms with E-state index in [0.29, 0.717) is 22.9 Å². The number of Topliss-reactive ketones (excluding diaryl/α,β-unsaturated/α-hetero) is 1. The molecule has 1 aromatic rings. The van der Waals surface area contributed by atoms with Crippen molar-refractivity contribution in [2.75, 3.05) is 19.6 Å². The third kappa shape index (κ3) is 7.38. The molecule has 3 fully saturated rings. The summed E-state index contributed by atoms with van der Waals surface area (Å²) in [7, 11) is 0. The molecule has 0 bridgehead atoms. The Morgan fingerprint density at radius 3 is 2.31 bits per heavy atom. The average molecular weight is 485 g/mol. The summed E-state index contributed by atoms with van der Waals surface area (Å²) in [6.45, 7) is 7.71. The molecule has 194 valence electrons. The van der Waals surface area contributed by atoms with Crippen LogP contribution >= 0.6 is 0 Å². The number of nitrogens with zero attached hydrogens (tertiary/aromatic N) is 1. The molecule has 1 aromatic carbocycles. The molecule has 1 heterocycles. The van der Waals surface area contributed by atoms with Gasteiger partial charge in [0.15, 0.2) is 5.78 Å². The second-order valence-corrected chi connectivity index (χ2v) is 12.0. The van der Waals surface area contributed by atoms with Crippen molar-refractivity contribution in [2.45, 2.75) is 96.9 Å². The zero-order valence-electron chi connectivity index (χ0n) is 21.9. The van der Waals surface area contributed by atoms with Gasteiger partial charge < -0.3 is 10.2 Å². The maximum Gasteiger partial charge on any atom is 0.220 e. The number of hydrogen-bond acceptors (Lipinski definition) is 3. The first-order chi connectivity index (χ1) is 16.8. The first-order valence-corrected chi connectivity index (χ1v) is 14.1. The number of rotatable bonds is 9. The minimum atomic E-state index is -0.295. The Morgan fingerprint density at radius 1 is 1.00 bits per heavy atom. The van der Waals surface area contributed by atoms with E-state index < -0.39 is 0 Å². The van der Waals surface area contributed by atoms with Crippen molar-refractivity contribution in [3.8, 4) is 0 Å². The topological polar surface area (TPSA) is 49.4 Å². The second-order valence-electron chi connectivity index (χ2n) is 12.0. The van der Waals surface area contributed by atoms with Gasteiger partial charge in [-0.1, -0.05) is 20.3 Å². The lowest BCUT2D eigenvalue weighted by atomic mass is 9.83. The Bertz CT molecular complexity index is 840. The smallest absolute Gasteiger partial charge is 0.220 e. The summed E-state index contributed by atoms with van der Waals surface area (Å²) in [6, 6.07) is 6.34. The van der Waals surface area contributed by atoms with E-state index in [1.165, 1.54) is 57.1 Å². The summed E-state index contributed by atoms with van der Waals surface area (Å²) in [5.41, 5.74) is 1.09. The minimum absolute atomic E-state index is 0.0655. The van der Waals surface area contributed by atoms with Gasteiger partial charge in [-0.25, -0.2) is 4.39 Å². The van der Waals surface area contributed by atoms with Crippen molar-refractivity contribution in [1.82, 2.24) is 10.2 Å². The highest BCUT2D eigenvalue weighted by Gasteiger charge is 2.35. The summed E-state index contributed by atoms with van der Waals surface area (Å²) >= 11 is 0. The van der Waals surface area contributed by atoms with E-state index in [4.69, 9.17) is 0 Å². The van der Waals surface area contributed by atoms with Crippen LogP contribution in [0.15, 0.2) is 24.3 Å². The van der Waals surface area contributed by atoms with Crippen LogP contribution < -0.4 is 5.32 Å². The molecule has 2 atom stereocenters. The van der Waals surface area contributed by atoms with E-state index in [9.17, 15) is 14.0 Å². The van der Waals surface area contributed by atoms with Crippen molar-refractivity contribution in [3.05, 3.63) is 35.6 Å². The molecule has 2 aliphatic carbocycles. The van der Waals surface area contributed by atoms with Crippen LogP contribution in [0.1, 0.15) is 101 Å². The van der Waals surface area contributed by atoms with Gasteiger partial charge in [0.1, 0.15) is 5.82 Å². The second kappa shape index (κ2) is 12.0. The first-order valence-electron chi connectivity index (χ1n) is 14.1. The minimum Gasteiger partial charge on any atom is -0.353 e. The molecule has 1 aliphatic heterocycles. The van der Waals surface area contributed by atoms with Crippen LogP contribution in [0.2, 0.25) is 0 Å². The summed E-state index contributed by atoms with van der Waals surface area (Å²) in [5, 5.41) is 3.35. The summed E-state index contributed by atoms with van der Waals surface area (Å²) in [6.07, 6.45) is 13.3. The molecule has 2 saturated carbocycles. The lowest BCUT2D eigenvalue weighted by Crippen LogP contribution is -2.39. The molecule has 0 radical (unpaired) electrons. The van der Waals surface area contributed by atoms with Crippen molar-refractivity contribution < 1.29 is 14.0 Å². The first kappa shape index (κ1) is 26.3. The highest BCUT2D eigenvalue weighted by Crippen LogP contribution is 2.45. The molecule has 0 aromatic heterocycles. The maximum absolute atomic E-state index is 13.1. The van der Waals surface area contributed by atoms with Crippen LogP contribution in [0.5, 0.6) is 0 Å². The molecule has 1 saturated heterocycles. The fraction of sp³-hybridized carbons (Fsp3) is 0.733. The van der Waals surface area contributed by atoms with E-state index >= 15 is 0 Å². The zero-order chi connectivity index (χ0) is 24.8. The van der Waals surface area contributed by atoms with Gasteiger partial charge in [0.2, 0.25) is 5.91 Å². The summed E-state index contributed by atoms with van der Waals surface area (Å²) in [5.74, 6) is 1.54. The maximum atomic E-state index is 13.1. The molecule has 4 nitrogen and oxygen atoms in total. The SMILES string of the molecule is CCC1(C)CCC(CC(=O)NC2CCC(CCN3CCC(C(=O)c4ccc(F)cc4)CC3)CC2)C1. The molecular weight excluding hydrogens is 439 g/mol. The van der Waals surface area contributed by atoms with Crippen LogP contribution in [0.3, 0.4) is 0 Å². The van der Waals surface area contributed by atoms with Crippen molar-refractivity contribution in [1.29, 1.82) is 0 Å². The Kier molecular flexibility index (Phi) is 9.02. The number of carbonyl (C=O) groups excluding carboxylic acids is 2. The van der Waals surface area contributed by atoms with Gasteiger partial charge in [-0.2, -0.15) is 0 Å². The number of piperidine rings is 1. The Balaban J connectivity index is 1.09. The van der Waals surface area contributed by atoms with Crippen molar-refractivity contribution in [2.24, 2.45) is 23.2 Å². The van der Waals surface area contributed by atoms with E-state index in [2.05, 4.69) is 24.1 Å². The highest BCUT2D eigenvalue weighted by molar-refractivity contribution is 5.97. The molecular formula is C30H45FN2O2. The molecule has 0 spiro atoms. The van der Waals surface area contributed by atoms with Crippen molar-refractivity contribution >= 4 is 11.7 Å². The van der Waals surface area contributed by atoms with E-state index in [1.54, 1.807) is 12.1 Å². The zero-order valence-corrected chi connectivity index (χ0v) is 21.9. The van der Waals surface area contributed by atoms with Gasteiger partial charge >= 0.3 is 0 Å². The normalized spacial score (nSPS) is 30.3. The average Bonchev–Trinajstić information content (AvgIpc) is 3.24. The lowest BCUT2D eigenvalue weighted by molar-refractivity contribution is -0.123. The van der Waals surface area contributed by atoms with Gasteiger partial charge in [0, 0.05) is 23.9 Å². The van der Waals surface area contributed by atoms with E-state index in [0.717, 1.165) is 57.7 Å². The third-order valence-electron chi connectivity index (χ3n) is 9.42. The summed E-state index contributed by atoms with van der Waals surface area (Å²) < 4.78 is 13.1. The molecule has 4 rings (SSSR count). The lowest BCUT2D eigenvalue weighted by Gasteiger charge is -2.34. The molecule has 5 heteroatoms. The molecule has 3 aliphatic rings. The van der Waals surface area contributed by atoms with Crippen molar-refractivity contribution in [3.63, 3.8) is 0 Å². The van der Waals surface area contributed by atoms with Gasteiger partial charge in [-0.3, -0.25) is 9.59 Å². The van der Waals surface area contributed by atoms with Crippen LogP contribution in [0.4, 0.5) is 4.39 Å². The standard InChI is InChI=1S/C30H45FN2O2/c1-3-30(2)16-12-23(21-30)20-28(34)32-27-10-4-22(5-11-27)13-17-33-18-14-25(15-19-33)29(35)24-6-8-26(31)9-7-24/h6-9,22-23,25,27H,3-5,10-21H2,1-2H3,(H,32,34). The molecule has 2 unspecified atom stereocenters. The fourth-order valence-electron chi connectivity index (χ4n) is 6.73. The monoisotopic (exact) mass is 484 g/mol. The Hall–Kier alpha value is -1.75. The van der Waals surface area contributed by atoms with Gasteiger partial charge in [-0.05, 0) is 125 Å². The highest BCUT2D eigenvalue weighted by atomic mass is 19.1. The van der Waals surface area contributed by atoms with Gasteiger partial charge in [-0.15, -0.1) is 0 Å². The Morgan fingerprint density at radius 2 is 1.69 bits per heavy atom. The number of ketones is 1. The number of hydrogen-bond donors (Lipinski definition) is 1. The van der Waals surface area contributed by atoms with E-state index in [-0.39, 0.29) is 23.4 Å². The number of halogens is 1. The number of nitrogens with one attached hydrogen (secondary N) is 1. The van der Waals surface area contributed by atoms with Crippen LogP contribution in [0, 0.1) is 29.0 Å². The third-order valence-corrected chi connectivity index (χ3v) is 9.42. The largest absolute Gasteiger partial charge is 0.353 e. The van der Waals surface area contributed by atoms with Gasteiger partial charge in [0.25, 0.3) is 0 Å². The quantitative estimate of drug-likeness (QED) is 0.413. The molecule has 35 heavy (non-hydrogen) atoms. The van der Waals surface area contributed by atoms with Crippen LogP contribution in [-0.4, -0.2) is 42.3 Å². The predicted octanol–water partition coefficient (Wildman–Crippen LogP) is 6.39. The Labute approximate surface area is 211 Å². The van der Waals surface area contributed by atoms with Crippen LogP contribution in [-0.2, 0) is 4.79 Å². The number of likely N-dealkylation sites (tertiary alicyclic amines) is 1.